The second-order valence-corrected chi connectivity index (χ2v) is 8.24. The fraction of sp³-hybridized carbons (Fsp3) is 0.348. The Labute approximate surface area is 202 Å². The molecule has 9 heteroatoms. The zero-order chi connectivity index (χ0) is 23.3. The molecule has 32 heavy (non-hydrogen) atoms. The molecule has 0 saturated carbocycles. The fourth-order valence-corrected chi connectivity index (χ4v) is 3.47. The third kappa shape index (κ3) is 8.94. The minimum atomic E-state index is -0.355. The number of rotatable bonds is 11. The van der Waals surface area contributed by atoms with Crippen LogP contribution in [0.25, 0.3) is 0 Å². The van der Waals surface area contributed by atoms with E-state index in [0.29, 0.717) is 46.8 Å². The van der Waals surface area contributed by atoms with Gasteiger partial charge in [-0.25, -0.2) is 0 Å². The number of unbranched alkanes of at least 4 members (excludes halogenated alkanes) is 2. The van der Waals surface area contributed by atoms with Crippen LogP contribution < -0.4 is 20.7 Å². The summed E-state index contributed by atoms with van der Waals surface area (Å²) in [7, 11) is 1.60. The Hall–Kier alpha value is -2.49. The van der Waals surface area contributed by atoms with Gasteiger partial charge in [0.15, 0.2) is 5.11 Å². The normalized spacial score (nSPS) is 10.3. The van der Waals surface area contributed by atoms with Crippen molar-refractivity contribution >= 4 is 56.4 Å². The van der Waals surface area contributed by atoms with E-state index in [9.17, 15) is 9.59 Å². The van der Waals surface area contributed by atoms with Crippen molar-refractivity contribution < 1.29 is 19.1 Å². The Morgan fingerprint density at radius 2 is 1.78 bits per heavy atom. The van der Waals surface area contributed by atoms with Crippen LogP contribution in [0.15, 0.2) is 46.9 Å². The summed E-state index contributed by atoms with van der Waals surface area (Å²) in [5, 5.41) is 8.64. The number of methoxy groups -OCH3 is 1. The van der Waals surface area contributed by atoms with Gasteiger partial charge in [0.25, 0.3) is 5.91 Å². The van der Waals surface area contributed by atoms with E-state index in [2.05, 4.69) is 38.8 Å². The van der Waals surface area contributed by atoms with Crippen molar-refractivity contribution in [2.45, 2.75) is 32.6 Å². The standard InChI is InChI=1S/C23H28BrN3O4S/c1-3-4-5-9-21(28)25-17-7-6-8-18(15-17)26-23(32)27-22(29)16-10-11-20(19(24)14-16)31-13-12-30-2/h6-8,10-11,14-15H,3-5,9,12-13H2,1-2H3,(H,25,28)(H2,26,27,29,32). The van der Waals surface area contributed by atoms with Crippen molar-refractivity contribution in [1.29, 1.82) is 0 Å². The second kappa shape index (κ2) is 13.8. The molecule has 0 aliphatic heterocycles. The molecule has 0 radical (unpaired) electrons. The molecule has 0 aromatic heterocycles. The number of ether oxygens (including phenoxy) is 2. The van der Waals surface area contributed by atoms with Gasteiger partial charge in [0.05, 0.1) is 11.1 Å². The zero-order valence-electron chi connectivity index (χ0n) is 18.2. The van der Waals surface area contributed by atoms with E-state index in [4.69, 9.17) is 21.7 Å². The highest BCUT2D eigenvalue weighted by Gasteiger charge is 2.11. The number of halogens is 1. The minimum absolute atomic E-state index is 0.0216. The van der Waals surface area contributed by atoms with Crippen LogP contribution in [0.1, 0.15) is 43.0 Å². The number of thiocarbonyl (C=S) groups is 1. The number of nitrogens with one attached hydrogen (secondary N) is 3. The summed E-state index contributed by atoms with van der Waals surface area (Å²) >= 11 is 8.67. The van der Waals surface area contributed by atoms with Gasteiger partial charge in [-0.3, -0.25) is 14.9 Å². The SMILES string of the molecule is CCCCCC(=O)Nc1cccc(NC(=S)NC(=O)c2ccc(OCCOC)c(Br)c2)c1. The predicted molar refractivity (Wildman–Crippen MR) is 134 cm³/mol. The van der Waals surface area contributed by atoms with Crippen LogP contribution in [-0.2, 0) is 9.53 Å². The highest BCUT2D eigenvalue weighted by Crippen LogP contribution is 2.26. The molecule has 7 nitrogen and oxygen atoms in total. The summed E-state index contributed by atoms with van der Waals surface area (Å²) in [5.41, 5.74) is 1.75. The maximum atomic E-state index is 12.5. The summed E-state index contributed by atoms with van der Waals surface area (Å²) in [6.07, 6.45) is 3.46. The molecular formula is C23H28BrN3O4S. The van der Waals surface area contributed by atoms with E-state index in [0.717, 1.165) is 19.3 Å². The van der Waals surface area contributed by atoms with Gasteiger partial charge in [-0.15, -0.1) is 0 Å². The quantitative estimate of drug-likeness (QED) is 0.281. The lowest BCUT2D eigenvalue weighted by Gasteiger charge is -2.12. The molecule has 0 saturated heterocycles. The van der Waals surface area contributed by atoms with E-state index in [1.807, 2.05) is 0 Å². The lowest BCUT2D eigenvalue weighted by Crippen LogP contribution is -2.34. The van der Waals surface area contributed by atoms with E-state index in [1.165, 1.54) is 0 Å². The monoisotopic (exact) mass is 521 g/mol. The van der Waals surface area contributed by atoms with E-state index in [1.54, 1.807) is 49.6 Å². The zero-order valence-corrected chi connectivity index (χ0v) is 20.6. The molecule has 172 valence electrons. The van der Waals surface area contributed by atoms with Crippen molar-refractivity contribution in [1.82, 2.24) is 5.32 Å². The number of hydrogen-bond acceptors (Lipinski definition) is 5. The number of amides is 2. The van der Waals surface area contributed by atoms with Crippen LogP contribution in [0.4, 0.5) is 11.4 Å². The Bertz CT molecular complexity index is 939. The fourth-order valence-electron chi connectivity index (χ4n) is 2.77. The first-order valence-corrected chi connectivity index (χ1v) is 11.6. The van der Waals surface area contributed by atoms with Gasteiger partial charge < -0.3 is 20.1 Å². The number of carbonyl (C=O) groups excluding carboxylic acids is 2. The van der Waals surface area contributed by atoms with Gasteiger partial charge >= 0.3 is 0 Å². The van der Waals surface area contributed by atoms with Crippen molar-refractivity contribution in [3.05, 3.63) is 52.5 Å². The van der Waals surface area contributed by atoms with E-state index >= 15 is 0 Å². The summed E-state index contributed by atoms with van der Waals surface area (Å²) in [5.74, 6) is 0.242. The van der Waals surface area contributed by atoms with Crippen molar-refractivity contribution in [2.75, 3.05) is 31.0 Å². The summed E-state index contributed by atoms with van der Waals surface area (Å²) < 4.78 is 11.2. The summed E-state index contributed by atoms with van der Waals surface area (Å²) in [4.78, 5) is 24.5. The van der Waals surface area contributed by atoms with Crippen LogP contribution >= 0.6 is 28.1 Å². The molecule has 0 aliphatic carbocycles. The van der Waals surface area contributed by atoms with Gasteiger partial charge in [-0.1, -0.05) is 25.8 Å². The van der Waals surface area contributed by atoms with Crippen LogP contribution in [0, 0.1) is 0 Å². The van der Waals surface area contributed by atoms with Gasteiger partial charge in [-0.05, 0) is 71.0 Å². The molecule has 0 fully saturated rings. The molecule has 2 aromatic carbocycles. The van der Waals surface area contributed by atoms with E-state index < -0.39 is 0 Å². The number of anilines is 2. The van der Waals surface area contributed by atoms with Crippen molar-refractivity contribution in [3.8, 4) is 5.75 Å². The second-order valence-electron chi connectivity index (χ2n) is 6.98. The maximum Gasteiger partial charge on any atom is 0.257 e. The lowest BCUT2D eigenvalue weighted by atomic mass is 10.2. The van der Waals surface area contributed by atoms with Gasteiger partial charge in [0.2, 0.25) is 5.91 Å². The largest absolute Gasteiger partial charge is 0.490 e. The Morgan fingerprint density at radius 3 is 2.47 bits per heavy atom. The summed E-state index contributed by atoms with van der Waals surface area (Å²) in [6, 6.07) is 12.2. The topological polar surface area (TPSA) is 88.7 Å². The molecule has 0 heterocycles. The molecular weight excluding hydrogens is 494 g/mol. The van der Waals surface area contributed by atoms with Crippen LogP contribution in [0.3, 0.4) is 0 Å². The first kappa shape index (κ1) is 25.8. The number of hydrogen-bond donors (Lipinski definition) is 3. The molecule has 2 amide bonds. The average molecular weight is 522 g/mol. The molecule has 0 atom stereocenters. The molecule has 2 rings (SSSR count). The average Bonchev–Trinajstić information content (AvgIpc) is 2.75. The Balaban J connectivity index is 1.90. The molecule has 0 bridgehead atoms. The number of benzene rings is 2. The van der Waals surface area contributed by atoms with Crippen LogP contribution in [0.2, 0.25) is 0 Å². The number of carbonyl (C=O) groups is 2. The van der Waals surface area contributed by atoms with Crippen molar-refractivity contribution in [2.24, 2.45) is 0 Å². The lowest BCUT2D eigenvalue weighted by molar-refractivity contribution is -0.116. The molecule has 3 N–H and O–H groups in total. The van der Waals surface area contributed by atoms with E-state index in [-0.39, 0.29) is 16.9 Å². The predicted octanol–water partition coefficient (Wildman–Crippen LogP) is 5.12. The summed E-state index contributed by atoms with van der Waals surface area (Å²) in [6.45, 7) is 2.98. The van der Waals surface area contributed by atoms with Gasteiger partial charge in [-0.2, -0.15) is 0 Å². The third-order valence-corrected chi connectivity index (χ3v) is 5.20. The molecule has 2 aromatic rings. The van der Waals surface area contributed by atoms with Gasteiger partial charge in [0, 0.05) is 30.5 Å². The van der Waals surface area contributed by atoms with Crippen LogP contribution in [0.5, 0.6) is 5.75 Å². The molecule has 0 aliphatic rings. The van der Waals surface area contributed by atoms with Gasteiger partial charge in [0.1, 0.15) is 12.4 Å². The highest BCUT2D eigenvalue weighted by atomic mass is 79.9. The van der Waals surface area contributed by atoms with Crippen LogP contribution in [-0.4, -0.2) is 37.3 Å². The molecule has 0 unspecified atom stereocenters. The Kier molecular flexibility index (Phi) is 11.1. The third-order valence-electron chi connectivity index (χ3n) is 4.38. The minimum Gasteiger partial charge on any atom is -0.490 e. The highest BCUT2D eigenvalue weighted by molar-refractivity contribution is 9.10. The first-order valence-electron chi connectivity index (χ1n) is 10.4. The smallest absolute Gasteiger partial charge is 0.257 e. The maximum absolute atomic E-state index is 12.5. The first-order chi connectivity index (χ1) is 15.4. The Morgan fingerprint density at radius 1 is 1.03 bits per heavy atom. The van der Waals surface area contributed by atoms with Crippen molar-refractivity contribution in [3.63, 3.8) is 0 Å². The molecule has 0 spiro atoms.